The van der Waals surface area contributed by atoms with Crippen LogP contribution in [0.25, 0.3) is 0 Å². The second-order valence-corrected chi connectivity index (χ2v) is 3.95. The van der Waals surface area contributed by atoms with Gasteiger partial charge in [0.1, 0.15) is 5.60 Å². The van der Waals surface area contributed by atoms with Gasteiger partial charge in [-0.2, -0.15) is 0 Å². The molecule has 3 N–H and O–H groups in total. The van der Waals surface area contributed by atoms with Gasteiger partial charge in [0.05, 0.1) is 0 Å². The summed E-state index contributed by atoms with van der Waals surface area (Å²) in [5, 5.41) is 8.74. The standard InChI is InChI=1S/C8H12N4O4/c1-8(2,3)15-7(14)10-6-4(5(9)13)11-16-12-6/h1-3H3,(H2,9,13)(H,10,12,14). The predicted molar refractivity (Wildman–Crippen MR) is 52.7 cm³/mol. The Labute approximate surface area is 91.1 Å². The number of primary amides is 1. The third kappa shape index (κ3) is 3.23. The third-order valence-corrected chi connectivity index (χ3v) is 1.34. The summed E-state index contributed by atoms with van der Waals surface area (Å²) in [4.78, 5) is 22.1. The van der Waals surface area contributed by atoms with Gasteiger partial charge in [0.15, 0.2) is 0 Å². The van der Waals surface area contributed by atoms with Crippen LogP contribution < -0.4 is 11.1 Å². The van der Waals surface area contributed by atoms with Crippen LogP contribution in [0.15, 0.2) is 4.63 Å². The first-order chi connectivity index (χ1) is 7.29. The Kier molecular flexibility index (Phi) is 3.11. The topological polar surface area (TPSA) is 120 Å². The van der Waals surface area contributed by atoms with E-state index in [-0.39, 0.29) is 11.5 Å². The van der Waals surface area contributed by atoms with Gasteiger partial charge in [0, 0.05) is 0 Å². The second kappa shape index (κ2) is 4.17. The van der Waals surface area contributed by atoms with Gasteiger partial charge in [0.25, 0.3) is 5.91 Å². The van der Waals surface area contributed by atoms with Crippen molar-refractivity contribution in [1.82, 2.24) is 10.3 Å². The molecule has 0 spiro atoms. The van der Waals surface area contributed by atoms with Crippen molar-refractivity contribution in [2.24, 2.45) is 5.73 Å². The van der Waals surface area contributed by atoms with Gasteiger partial charge in [-0.05, 0) is 31.1 Å². The smallest absolute Gasteiger partial charge is 0.413 e. The number of nitrogens with one attached hydrogen (secondary N) is 1. The summed E-state index contributed by atoms with van der Waals surface area (Å²) in [6, 6.07) is 0. The molecule has 0 aromatic carbocycles. The Hall–Kier alpha value is -2.12. The number of carbonyl (C=O) groups excluding carboxylic acids is 2. The van der Waals surface area contributed by atoms with Crippen LogP contribution in [0.5, 0.6) is 0 Å². The number of aromatic nitrogens is 2. The van der Waals surface area contributed by atoms with Gasteiger partial charge in [-0.25, -0.2) is 9.42 Å². The van der Waals surface area contributed by atoms with Crippen molar-refractivity contribution in [3.05, 3.63) is 5.69 Å². The average molecular weight is 228 g/mol. The zero-order valence-corrected chi connectivity index (χ0v) is 9.10. The average Bonchev–Trinajstić information content (AvgIpc) is 2.47. The van der Waals surface area contributed by atoms with E-state index in [2.05, 4.69) is 20.3 Å². The number of nitrogens with zero attached hydrogens (tertiary/aromatic N) is 2. The SMILES string of the molecule is CC(C)(C)OC(=O)Nc1nonc1C(N)=O. The van der Waals surface area contributed by atoms with Crippen molar-refractivity contribution < 1.29 is 19.0 Å². The van der Waals surface area contributed by atoms with E-state index in [0.717, 1.165) is 0 Å². The monoisotopic (exact) mass is 228 g/mol. The summed E-state index contributed by atoms with van der Waals surface area (Å²) in [6.45, 7) is 5.09. The van der Waals surface area contributed by atoms with E-state index < -0.39 is 17.6 Å². The summed E-state index contributed by atoms with van der Waals surface area (Å²) in [7, 11) is 0. The van der Waals surface area contributed by atoms with E-state index >= 15 is 0 Å². The maximum absolute atomic E-state index is 11.3. The molecule has 1 rings (SSSR count). The quantitative estimate of drug-likeness (QED) is 0.760. The molecule has 0 unspecified atom stereocenters. The normalized spacial score (nSPS) is 10.9. The Morgan fingerprint density at radius 3 is 2.50 bits per heavy atom. The molecule has 88 valence electrons. The molecular weight excluding hydrogens is 216 g/mol. The van der Waals surface area contributed by atoms with E-state index in [0.29, 0.717) is 0 Å². The van der Waals surface area contributed by atoms with Crippen LogP contribution in [0.1, 0.15) is 31.3 Å². The number of nitrogens with two attached hydrogens (primary N) is 1. The Morgan fingerprint density at radius 1 is 1.38 bits per heavy atom. The lowest BCUT2D eigenvalue weighted by Crippen LogP contribution is -2.28. The minimum Gasteiger partial charge on any atom is -0.444 e. The second-order valence-electron chi connectivity index (χ2n) is 3.95. The van der Waals surface area contributed by atoms with Gasteiger partial charge in [-0.3, -0.25) is 10.1 Å². The van der Waals surface area contributed by atoms with E-state index in [1.807, 2.05) is 0 Å². The van der Waals surface area contributed by atoms with Crippen LogP contribution >= 0.6 is 0 Å². The first kappa shape index (κ1) is 12.0. The zero-order chi connectivity index (χ0) is 12.3. The summed E-state index contributed by atoms with van der Waals surface area (Å²) in [5.41, 5.74) is 4.05. The molecule has 0 saturated heterocycles. The fourth-order valence-electron chi connectivity index (χ4n) is 0.833. The van der Waals surface area contributed by atoms with Crippen molar-refractivity contribution in [2.75, 3.05) is 5.32 Å². The molecule has 0 atom stereocenters. The molecule has 1 aromatic rings. The Bertz CT molecular complexity index is 406. The Balaban J connectivity index is 2.70. The highest BCUT2D eigenvalue weighted by Gasteiger charge is 2.21. The van der Waals surface area contributed by atoms with Crippen molar-refractivity contribution in [3.8, 4) is 0 Å². The number of hydrogen-bond donors (Lipinski definition) is 2. The maximum atomic E-state index is 11.3. The molecule has 8 heteroatoms. The highest BCUT2D eigenvalue weighted by atomic mass is 16.6. The molecule has 0 saturated carbocycles. The molecular formula is C8H12N4O4. The highest BCUT2D eigenvalue weighted by Crippen LogP contribution is 2.12. The molecule has 8 nitrogen and oxygen atoms in total. The predicted octanol–water partition coefficient (Wildman–Crippen LogP) is 0.516. The molecule has 0 aliphatic heterocycles. The van der Waals surface area contributed by atoms with E-state index in [1.165, 1.54) is 0 Å². The minimum atomic E-state index is -0.854. The number of amides is 2. The first-order valence-electron chi connectivity index (χ1n) is 4.42. The first-order valence-corrected chi connectivity index (χ1v) is 4.42. The van der Waals surface area contributed by atoms with Crippen LogP contribution in [-0.4, -0.2) is 27.9 Å². The summed E-state index contributed by atoms with van der Waals surface area (Å²) in [5.74, 6) is -1.02. The number of ether oxygens (including phenoxy) is 1. The van der Waals surface area contributed by atoms with Crippen LogP contribution in [0.2, 0.25) is 0 Å². The summed E-state index contributed by atoms with van der Waals surface area (Å²) < 4.78 is 9.20. The third-order valence-electron chi connectivity index (χ3n) is 1.34. The number of carbonyl (C=O) groups is 2. The van der Waals surface area contributed by atoms with Gasteiger partial charge in [-0.1, -0.05) is 0 Å². The molecule has 2 amide bonds. The minimum absolute atomic E-state index is 0.165. The van der Waals surface area contributed by atoms with Crippen molar-refractivity contribution >= 4 is 17.8 Å². The van der Waals surface area contributed by atoms with E-state index in [9.17, 15) is 9.59 Å². The van der Waals surface area contributed by atoms with Gasteiger partial charge in [-0.15, -0.1) is 0 Å². The molecule has 16 heavy (non-hydrogen) atoms. The molecule has 0 aliphatic rings. The highest BCUT2D eigenvalue weighted by molar-refractivity contribution is 5.98. The summed E-state index contributed by atoms with van der Waals surface area (Å²) in [6.07, 6.45) is -0.773. The molecule has 0 bridgehead atoms. The molecule has 0 fully saturated rings. The molecule has 1 heterocycles. The van der Waals surface area contributed by atoms with Crippen molar-refractivity contribution in [2.45, 2.75) is 26.4 Å². The zero-order valence-electron chi connectivity index (χ0n) is 9.10. The van der Waals surface area contributed by atoms with Crippen molar-refractivity contribution in [1.29, 1.82) is 0 Å². The van der Waals surface area contributed by atoms with Crippen LogP contribution in [0.3, 0.4) is 0 Å². The maximum Gasteiger partial charge on any atom is 0.413 e. The summed E-state index contributed by atoms with van der Waals surface area (Å²) >= 11 is 0. The molecule has 1 aromatic heterocycles. The van der Waals surface area contributed by atoms with Gasteiger partial charge < -0.3 is 10.5 Å². The fourth-order valence-corrected chi connectivity index (χ4v) is 0.833. The lowest BCUT2D eigenvalue weighted by Gasteiger charge is -2.18. The lowest BCUT2D eigenvalue weighted by atomic mass is 10.2. The number of hydrogen-bond acceptors (Lipinski definition) is 6. The molecule has 0 aliphatic carbocycles. The van der Waals surface area contributed by atoms with Crippen LogP contribution in [0, 0.1) is 0 Å². The van der Waals surface area contributed by atoms with Crippen molar-refractivity contribution in [3.63, 3.8) is 0 Å². The van der Waals surface area contributed by atoms with Gasteiger partial charge in [0.2, 0.25) is 11.5 Å². The lowest BCUT2D eigenvalue weighted by molar-refractivity contribution is 0.0634. The van der Waals surface area contributed by atoms with E-state index in [1.54, 1.807) is 20.8 Å². The van der Waals surface area contributed by atoms with Crippen LogP contribution in [0.4, 0.5) is 10.6 Å². The van der Waals surface area contributed by atoms with E-state index in [4.69, 9.17) is 10.5 Å². The van der Waals surface area contributed by atoms with Crippen LogP contribution in [-0.2, 0) is 4.74 Å². The Morgan fingerprint density at radius 2 is 2.00 bits per heavy atom. The molecule has 0 radical (unpaired) electrons. The van der Waals surface area contributed by atoms with Gasteiger partial charge >= 0.3 is 6.09 Å². The largest absolute Gasteiger partial charge is 0.444 e. The number of rotatable bonds is 2. The fraction of sp³-hybridized carbons (Fsp3) is 0.500. The number of anilines is 1.